The van der Waals surface area contributed by atoms with Gasteiger partial charge in [0.2, 0.25) is 5.89 Å². The molecule has 1 aromatic rings. The van der Waals surface area contributed by atoms with Crippen LogP contribution >= 0.6 is 0 Å². The van der Waals surface area contributed by atoms with Crippen molar-refractivity contribution in [3.05, 3.63) is 11.7 Å². The second kappa shape index (κ2) is 3.05. The number of aromatic nitrogens is 2. The van der Waals surface area contributed by atoms with Gasteiger partial charge in [0.05, 0.1) is 6.04 Å². The molecule has 0 radical (unpaired) electrons. The molecular formula is C10H15N3O. The van der Waals surface area contributed by atoms with E-state index in [1.165, 1.54) is 32.1 Å². The van der Waals surface area contributed by atoms with Gasteiger partial charge in [-0.3, -0.25) is 0 Å². The van der Waals surface area contributed by atoms with Crippen LogP contribution in [0.3, 0.4) is 0 Å². The zero-order chi connectivity index (χ0) is 9.54. The molecular weight excluding hydrogens is 178 g/mol. The molecule has 0 bridgehead atoms. The van der Waals surface area contributed by atoms with Crippen LogP contribution in [0.15, 0.2) is 4.52 Å². The van der Waals surface area contributed by atoms with E-state index in [0.717, 1.165) is 11.7 Å². The molecule has 1 unspecified atom stereocenters. The molecule has 2 fully saturated rings. The van der Waals surface area contributed by atoms with Gasteiger partial charge in [-0.1, -0.05) is 11.6 Å². The zero-order valence-corrected chi connectivity index (χ0v) is 8.15. The van der Waals surface area contributed by atoms with E-state index in [1.807, 2.05) is 0 Å². The first kappa shape index (κ1) is 8.41. The summed E-state index contributed by atoms with van der Waals surface area (Å²) in [5.74, 6) is 2.64. The lowest BCUT2D eigenvalue weighted by atomic mass is 9.85. The van der Waals surface area contributed by atoms with E-state index in [2.05, 4.69) is 10.1 Å². The normalized spacial score (nSPS) is 24.6. The predicted octanol–water partition coefficient (Wildman–Crippen LogP) is 1.75. The molecule has 4 heteroatoms. The summed E-state index contributed by atoms with van der Waals surface area (Å²) in [7, 11) is 0. The fourth-order valence-electron chi connectivity index (χ4n) is 1.87. The number of nitrogens with zero attached hydrogens (tertiary/aromatic N) is 2. The van der Waals surface area contributed by atoms with Crippen molar-refractivity contribution in [2.75, 3.05) is 0 Å². The summed E-state index contributed by atoms with van der Waals surface area (Å²) >= 11 is 0. The van der Waals surface area contributed by atoms with Crippen LogP contribution in [0, 0.1) is 5.92 Å². The third-order valence-electron chi connectivity index (χ3n) is 3.34. The molecule has 0 saturated heterocycles. The SMILES string of the molecule is NC(c1noc(C2CCC2)n1)C1CC1. The highest BCUT2D eigenvalue weighted by Crippen LogP contribution is 2.40. The summed E-state index contributed by atoms with van der Waals surface area (Å²) in [5, 5.41) is 3.97. The molecule has 2 N–H and O–H groups in total. The fourth-order valence-corrected chi connectivity index (χ4v) is 1.87. The van der Waals surface area contributed by atoms with Gasteiger partial charge in [-0.15, -0.1) is 0 Å². The van der Waals surface area contributed by atoms with E-state index in [1.54, 1.807) is 0 Å². The van der Waals surface area contributed by atoms with E-state index in [4.69, 9.17) is 10.3 Å². The molecule has 3 rings (SSSR count). The lowest BCUT2D eigenvalue weighted by molar-refractivity contribution is 0.290. The molecule has 0 amide bonds. The molecule has 14 heavy (non-hydrogen) atoms. The van der Waals surface area contributed by atoms with Gasteiger partial charge in [-0.25, -0.2) is 0 Å². The molecule has 1 atom stereocenters. The van der Waals surface area contributed by atoms with E-state index >= 15 is 0 Å². The van der Waals surface area contributed by atoms with Gasteiger partial charge < -0.3 is 10.3 Å². The van der Waals surface area contributed by atoms with Crippen molar-refractivity contribution in [2.24, 2.45) is 11.7 Å². The van der Waals surface area contributed by atoms with Crippen molar-refractivity contribution in [3.63, 3.8) is 0 Å². The van der Waals surface area contributed by atoms with Crippen LogP contribution < -0.4 is 5.73 Å². The molecule has 4 nitrogen and oxygen atoms in total. The van der Waals surface area contributed by atoms with Crippen molar-refractivity contribution in [2.45, 2.75) is 44.1 Å². The summed E-state index contributed by atoms with van der Waals surface area (Å²) in [6.45, 7) is 0. The highest BCUT2D eigenvalue weighted by Gasteiger charge is 2.34. The molecule has 1 heterocycles. The van der Waals surface area contributed by atoms with Crippen molar-refractivity contribution < 1.29 is 4.52 Å². The number of nitrogens with two attached hydrogens (primary N) is 1. The topological polar surface area (TPSA) is 64.9 Å². The molecule has 1 aromatic heterocycles. The Bertz CT molecular complexity index is 328. The van der Waals surface area contributed by atoms with Gasteiger partial charge >= 0.3 is 0 Å². The minimum atomic E-state index is 0.00702. The summed E-state index contributed by atoms with van der Waals surface area (Å²) in [6, 6.07) is 0.00702. The number of hydrogen-bond donors (Lipinski definition) is 1. The van der Waals surface area contributed by atoms with Gasteiger partial charge in [0.25, 0.3) is 0 Å². The summed E-state index contributed by atoms with van der Waals surface area (Å²) in [5.41, 5.74) is 5.99. The first-order valence-electron chi connectivity index (χ1n) is 5.43. The highest BCUT2D eigenvalue weighted by atomic mass is 16.5. The molecule has 0 spiro atoms. The van der Waals surface area contributed by atoms with E-state index < -0.39 is 0 Å². The Labute approximate surface area is 82.9 Å². The largest absolute Gasteiger partial charge is 0.339 e. The third kappa shape index (κ3) is 1.34. The Morgan fingerprint density at radius 3 is 2.64 bits per heavy atom. The Hall–Kier alpha value is -0.900. The lowest BCUT2D eigenvalue weighted by Crippen LogP contribution is -2.15. The van der Waals surface area contributed by atoms with Crippen molar-refractivity contribution in [3.8, 4) is 0 Å². The molecule has 2 aliphatic rings. The Balaban J connectivity index is 1.75. The summed E-state index contributed by atoms with van der Waals surface area (Å²) < 4.78 is 5.23. The van der Waals surface area contributed by atoms with Crippen LogP contribution in [0.1, 0.15) is 55.8 Å². The smallest absolute Gasteiger partial charge is 0.229 e. The Morgan fingerprint density at radius 2 is 2.07 bits per heavy atom. The van der Waals surface area contributed by atoms with Gasteiger partial charge in [-0.2, -0.15) is 4.98 Å². The minimum Gasteiger partial charge on any atom is -0.339 e. The second-order valence-corrected chi connectivity index (χ2v) is 4.48. The monoisotopic (exact) mass is 193 g/mol. The predicted molar refractivity (Wildman–Crippen MR) is 50.5 cm³/mol. The van der Waals surface area contributed by atoms with E-state index in [-0.39, 0.29) is 6.04 Å². The summed E-state index contributed by atoms with van der Waals surface area (Å²) in [4.78, 5) is 4.39. The third-order valence-corrected chi connectivity index (χ3v) is 3.34. The maximum atomic E-state index is 5.99. The van der Waals surface area contributed by atoms with Crippen LogP contribution in [0.2, 0.25) is 0 Å². The molecule has 2 saturated carbocycles. The Kier molecular flexibility index (Phi) is 1.83. The van der Waals surface area contributed by atoms with E-state index in [0.29, 0.717) is 11.8 Å². The standard InChI is InChI=1S/C10H15N3O/c11-8(6-4-5-6)9-12-10(14-13-9)7-2-1-3-7/h6-8H,1-5,11H2. The highest BCUT2D eigenvalue weighted by molar-refractivity contribution is 5.03. The Morgan fingerprint density at radius 1 is 1.29 bits per heavy atom. The van der Waals surface area contributed by atoms with E-state index in [9.17, 15) is 0 Å². The average molecular weight is 193 g/mol. The van der Waals surface area contributed by atoms with Gasteiger partial charge in [0, 0.05) is 5.92 Å². The van der Waals surface area contributed by atoms with Gasteiger partial charge in [-0.05, 0) is 31.6 Å². The molecule has 76 valence electrons. The van der Waals surface area contributed by atoms with Crippen LogP contribution in [-0.2, 0) is 0 Å². The van der Waals surface area contributed by atoms with Crippen molar-refractivity contribution in [1.82, 2.24) is 10.1 Å². The summed E-state index contributed by atoms with van der Waals surface area (Å²) in [6.07, 6.45) is 6.11. The van der Waals surface area contributed by atoms with Gasteiger partial charge in [0.15, 0.2) is 5.82 Å². The fraction of sp³-hybridized carbons (Fsp3) is 0.800. The minimum absolute atomic E-state index is 0.00702. The quantitative estimate of drug-likeness (QED) is 0.794. The number of hydrogen-bond acceptors (Lipinski definition) is 4. The number of rotatable bonds is 3. The molecule has 2 aliphatic carbocycles. The average Bonchev–Trinajstić information content (AvgIpc) is 2.83. The maximum absolute atomic E-state index is 5.99. The zero-order valence-electron chi connectivity index (χ0n) is 8.15. The first-order valence-corrected chi connectivity index (χ1v) is 5.43. The molecule has 0 aromatic carbocycles. The maximum Gasteiger partial charge on any atom is 0.229 e. The van der Waals surface area contributed by atoms with Crippen LogP contribution in [0.4, 0.5) is 0 Å². The van der Waals surface area contributed by atoms with Crippen molar-refractivity contribution >= 4 is 0 Å². The van der Waals surface area contributed by atoms with Crippen molar-refractivity contribution in [1.29, 1.82) is 0 Å². The lowest BCUT2D eigenvalue weighted by Gasteiger charge is -2.20. The molecule has 0 aliphatic heterocycles. The van der Waals surface area contributed by atoms with Crippen LogP contribution in [-0.4, -0.2) is 10.1 Å². The van der Waals surface area contributed by atoms with Crippen LogP contribution in [0.25, 0.3) is 0 Å². The first-order chi connectivity index (χ1) is 6.84. The second-order valence-electron chi connectivity index (χ2n) is 4.48. The van der Waals surface area contributed by atoms with Crippen LogP contribution in [0.5, 0.6) is 0 Å². The van der Waals surface area contributed by atoms with Gasteiger partial charge in [0.1, 0.15) is 0 Å².